The van der Waals surface area contributed by atoms with Crippen LogP contribution in [0.15, 0.2) is 48.5 Å². The maximum absolute atomic E-state index is 12.5. The van der Waals surface area contributed by atoms with Gasteiger partial charge in [0.2, 0.25) is 5.91 Å². The molecular weight excluding hydrogens is 444 g/mol. The third-order valence-corrected chi connectivity index (χ3v) is 7.25. The Morgan fingerprint density at radius 2 is 1.60 bits per heavy atom. The van der Waals surface area contributed by atoms with Gasteiger partial charge in [-0.15, -0.1) is 0 Å². The topological polar surface area (TPSA) is 95.9 Å². The summed E-state index contributed by atoms with van der Waals surface area (Å²) < 4.78 is 5.58. The van der Waals surface area contributed by atoms with Crippen molar-refractivity contribution in [3.8, 4) is 11.1 Å². The largest absolute Gasteiger partial charge is 0.480 e. The number of alkyl carbamates (subject to hydrolysis) is 1. The van der Waals surface area contributed by atoms with Crippen LogP contribution in [0.5, 0.6) is 0 Å². The highest BCUT2D eigenvalue weighted by Gasteiger charge is 2.35. The fraction of sp³-hybridized carbons (Fsp3) is 0.464. The number of nitrogens with zero attached hydrogens (tertiary/aromatic N) is 1. The summed E-state index contributed by atoms with van der Waals surface area (Å²) in [4.78, 5) is 37.5. The summed E-state index contributed by atoms with van der Waals surface area (Å²) in [5.74, 6) is -0.961. The minimum Gasteiger partial charge on any atom is -0.480 e. The van der Waals surface area contributed by atoms with Gasteiger partial charge in [-0.25, -0.2) is 9.59 Å². The number of ether oxygens (including phenoxy) is 1. The van der Waals surface area contributed by atoms with Crippen LogP contribution >= 0.6 is 0 Å². The lowest BCUT2D eigenvalue weighted by molar-refractivity contribution is -0.155. The number of hydrogen-bond acceptors (Lipinski definition) is 4. The molecule has 0 bridgehead atoms. The van der Waals surface area contributed by atoms with Crippen LogP contribution in [0.25, 0.3) is 11.1 Å². The monoisotopic (exact) mass is 480 g/mol. The average molecular weight is 481 g/mol. The van der Waals surface area contributed by atoms with Crippen molar-refractivity contribution in [1.29, 1.82) is 0 Å². The van der Waals surface area contributed by atoms with E-state index in [4.69, 9.17) is 4.74 Å². The van der Waals surface area contributed by atoms with Crippen molar-refractivity contribution in [2.75, 3.05) is 20.2 Å². The number of carbonyl (C=O) groups excluding carboxylic acids is 2. The molecule has 2 N–H and O–H groups in total. The van der Waals surface area contributed by atoms with Crippen molar-refractivity contribution in [2.45, 2.75) is 57.9 Å². The summed E-state index contributed by atoms with van der Waals surface area (Å²) in [6.45, 7) is 5.82. The van der Waals surface area contributed by atoms with Gasteiger partial charge in [0, 0.05) is 25.9 Å². The first-order valence-electron chi connectivity index (χ1n) is 12.3. The van der Waals surface area contributed by atoms with Crippen LogP contribution in [0, 0.1) is 5.92 Å². The lowest BCUT2D eigenvalue weighted by Gasteiger charge is -2.32. The van der Waals surface area contributed by atoms with Crippen molar-refractivity contribution in [1.82, 2.24) is 10.2 Å². The van der Waals surface area contributed by atoms with E-state index in [1.807, 2.05) is 31.2 Å². The van der Waals surface area contributed by atoms with Crippen molar-refractivity contribution < 1.29 is 24.2 Å². The lowest BCUT2D eigenvalue weighted by atomic mass is 9.95. The summed E-state index contributed by atoms with van der Waals surface area (Å²) in [7, 11) is 1.52. The molecule has 7 nitrogen and oxygen atoms in total. The number of fused-ring (bicyclic) bond motifs is 3. The van der Waals surface area contributed by atoms with Gasteiger partial charge >= 0.3 is 12.1 Å². The molecule has 2 amide bonds. The number of likely N-dealkylation sites (N-methyl/N-ethyl adjacent to an activating group) is 1. The molecule has 0 aliphatic heterocycles. The van der Waals surface area contributed by atoms with Crippen LogP contribution in [0.2, 0.25) is 0 Å². The number of rotatable bonds is 11. The molecular formula is C28H36N2O5. The maximum Gasteiger partial charge on any atom is 0.407 e. The van der Waals surface area contributed by atoms with Crippen molar-refractivity contribution in [3.05, 3.63) is 59.7 Å². The molecule has 0 aromatic heterocycles. The molecule has 2 aromatic carbocycles. The molecule has 2 aromatic rings. The Hall–Kier alpha value is -3.35. The standard InChI is InChI=1S/C28H36N2O5/c1-5-19(14-15-25(31)30(4)28(2,3)26(32)33)16-17-29-27(34)35-18-24-22-12-8-6-10-20(22)21-11-7-9-13-23(21)24/h6-13,19,24H,5,14-18H2,1-4H3,(H,29,34)(H,32,33). The van der Waals surface area contributed by atoms with E-state index in [1.165, 1.54) is 48.0 Å². The zero-order valence-corrected chi connectivity index (χ0v) is 21.0. The SMILES string of the molecule is CCC(CCNC(=O)OCC1c2ccccc2-c2ccccc21)CCC(=O)N(C)C(C)(C)C(=O)O. The third kappa shape index (κ3) is 6.02. The van der Waals surface area contributed by atoms with Gasteiger partial charge in [0.1, 0.15) is 12.1 Å². The summed E-state index contributed by atoms with van der Waals surface area (Å²) in [6.07, 6.45) is 2.06. The van der Waals surface area contributed by atoms with E-state index >= 15 is 0 Å². The molecule has 3 rings (SSSR count). The number of amides is 2. The smallest absolute Gasteiger partial charge is 0.407 e. The number of carboxylic acid groups (broad SMARTS) is 1. The van der Waals surface area contributed by atoms with E-state index in [-0.39, 0.29) is 30.8 Å². The molecule has 1 atom stereocenters. The van der Waals surface area contributed by atoms with Crippen molar-refractivity contribution in [2.24, 2.45) is 5.92 Å². The summed E-state index contributed by atoms with van der Waals surface area (Å²) >= 11 is 0. The van der Waals surface area contributed by atoms with E-state index in [1.54, 1.807) is 0 Å². The van der Waals surface area contributed by atoms with E-state index in [9.17, 15) is 19.5 Å². The van der Waals surface area contributed by atoms with Crippen LogP contribution < -0.4 is 5.32 Å². The number of benzene rings is 2. The van der Waals surface area contributed by atoms with Crippen molar-refractivity contribution in [3.63, 3.8) is 0 Å². The molecule has 0 saturated heterocycles. The van der Waals surface area contributed by atoms with Crippen LogP contribution in [0.4, 0.5) is 4.79 Å². The Bertz CT molecular complexity index is 1020. The fourth-order valence-corrected chi connectivity index (χ4v) is 4.53. The molecule has 0 spiro atoms. The second kappa shape index (κ2) is 11.4. The van der Waals surface area contributed by atoms with Gasteiger partial charge in [-0.1, -0.05) is 61.9 Å². The second-order valence-corrected chi connectivity index (χ2v) is 9.67. The first kappa shape index (κ1) is 26.3. The molecule has 0 fully saturated rings. The van der Waals surface area contributed by atoms with Gasteiger partial charge < -0.3 is 20.1 Å². The molecule has 7 heteroatoms. The molecule has 188 valence electrons. The van der Waals surface area contributed by atoms with Gasteiger partial charge in [-0.05, 0) is 54.9 Å². The summed E-state index contributed by atoms with van der Waals surface area (Å²) in [5, 5.41) is 12.2. The normalized spacial score (nSPS) is 13.5. The van der Waals surface area contributed by atoms with E-state index in [0.717, 1.165) is 12.8 Å². The van der Waals surface area contributed by atoms with Crippen LogP contribution in [0.3, 0.4) is 0 Å². The predicted molar refractivity (Wildman–Crippen MR) is 135 cm³/mol. The Morgan fingerprint density at radius 1 is 1.03 bits per heavy atom. The van der Waals surface area contributed by atoms with Gasteiger partial charge in [-0.2, -0.15) is 0 Å². The number of carbonyl (C=O) groups is 3. The van der Waals surface area contributed by atoms with Gasteiger partial charge in [-0.3, -0.25) is 4.79 Å². The first-order valence-corrected chi connectivity index (χ1v) is 12.3. The Morgan fingerprint density at radius 3 is 2.14 bits per heavy atom. The van der Waals surface area contributed by atoms with E-state index < -0.39 is 17.6 Å². The number of hydrogen-bond donors (Lipinski definition) is 2. The van der Waals surface area contributed by atoms with Gasteiger partial charge in [0.05, 0.1) is 0 Å². The minimum atomic E-state index is -1.25. The highest BCUT2D eigenvalue weighted by Crippen LogP contribution is 2.44. The Balaban J connectivity index is 1.44. The Kier molecular flexibility index (Phi) is 8.54. The lowest BCUT2D eigenvalue weighted by Crippen LogP contribution is -2.50. The predicted octanol–water partition coefficient (Wildman–Crippen LogP) is 5.04. The van der Waals surface area contributed by atoms with Gasteiger partial charge in [0.15, 0.2) is 0 Å². The van der Waals surface area contributed by atoms with E-state index in [2.05, 4.69) is 29.6 Å². The van der Waals surface area contributed by atoms with Crippen LogP contribution in [0.1, 0.15) is 63.5 Å². The quantitative estimate of drug-likeness (QED) is 0.470. The third-order valence-electron chi connectivity index (χ3n) is 7.25. The molecule has 0 radical (unpaired) electrons. The zero-order chi connectivity index (χ0) is 25.6. The first-order chi connectivity index (χ1) is 16.7. The highest BCUT2D eigenvalue weighted by molar-refractivity contribution is 5.86. The number of aliphatic carboxylic acids is 1. The molecule has 1 aliphatic carbocycles. The number of carboxylic acids is 1. The minimum absolute atomic E-state index is 0.0228. The molecule has 35 heavy (non-hydrogen) atoms. The summed E-state index contributed by atoms with van der Waals surface area (Å²) in [5.41, 5.74) is 3.48. The molecule has 0 heterocycles. The molecule has 1 aliphatic rings. The molecule has 1 unspecified atom stereocenters. The second-order valence-electron chi connectivity index (χ2n) is 9.67. The van der Waals surface area contributed by atoms with Crippen molar-refractivity contribution >= 4 is 18.0 Å². The van der Waals surface area contributed by atoms with Crippen LogP contribution in [-0.2, 0) is 14.3 Å². The molecule has 0 saturated carbocycles. The highest BCUT2D eigenvalue weighted by atomic mass is 16.5. The van der Waals surface area contributed by atoms with E-state index in [0.29, 0.717) is 13.0 Å². The summed E-state index contributed by atoms with van der Waals surface area (Å²) in [6, 6.07) is 16.4. The fourth-order valence-electron chi connectivity index (χ4n) is 4.53. The number of nitrogens with one attached hydrogen (secondary N) is 1. The van der Waals surface area contributed by atoms with Gasteiger partial charge in [0.25, 0.3) is 0 Å². The maximum atomic E-state index is 12.5. The average Bonchev–Trinajstić information content (AvgIpc) is 3.17. The zero-order valence-electron chi connectivity index (χ0n) is 21.0. The Labute approximate surface area is 207 Å². The van der Waals surface area contributed by atoms with Crippen LogP contribution in [-0.4, -0.2) is 53.7 Å².